The second-order valence-corrected chi connectivity index (χ2v) is 8.11. The van der Waals surface area contributed by atoms with Crippen molar-refractivity contribution in [3.05, 3.63) is 0 Å². The highest BCUT2D eigenvalue weighted by molar-refractivity contribution is 4.90. The molecule has 0 amide bonds. The Labute approximate surface area is 127 Å². The van der Waals surface area contributed by atoms with Crippen molar-refractivity contribution >= 4 is 0 Å². The molecule has 0 aromatic heterocycles. The number of nitrogens with one attached hydrogen (secondary N) is 1. The summed E-state index contributed by atoms with van der Waals surface area (Å²) in [5, 5.41) is 3.58. The molecule has 0 aromatic carbocycles. The van der Waals surface area contributed by atoms with Gasteiger partial charge in [-0.05, 0) is 64.0 Å². The van der Waals surface area contributed by atoms with Crippen molar-refractivity contribution in [2.75, 3.05) is 20.6 Å². The molecule has 1 aliphatic carbocycles. The van der Waals surface area contributed by atoms with Crippen LogP contribution in [-0.2, 0) is 0 Å². The van der Waals surface area contributed by atoms with Crippen LogP contribution in [0.5, 0.6) is 0 Å². The second-order valence-electron chi connectivity index (χ2n) is 8.11. The molecule has 0 saturated heterocycles. The van der Waals surface area contributed by atoms with E-state index in [0.717, 1.165) is 11.8 Å². The van der Waals surface area contributed by atoms with Gasteiger partial charge in [0.05, 0.1) is 0 Å². The minimum absolute atomic E-state index is 0.463. The van der Waals surface area contributed by atoms with Crippen molar-refractivity contribution in [3.8, 4) is 0 Å². The Hall–Kier alpha value is -0.0800. The van der Waals surface area contributed by atoms with Crippen LogP contribution < -0.4 is 5.32 Å². The van der Waals surface area contributed by atoms with E-state index in [4.69, 9.17) is 0 Å². The fourth-order valence-electron chi connectivity index (χ4n) is 3.82. The molecule has 20 heavy (non-hydrogen) atoms. The van der Waals surface area contributed by atoms with E-state index in [1.165, 1.54) is 38.6 Å². The molecule has 1 saturated carbocycles. The Kier molecular flexibility index (Phi) is 7.00. The van der Waals surface area contributed by atoms with Gasteiger partial charge in [0.25, 0.3) is 0 Å². The van der Waals surface area contributed by atoms with Crippen molar-refractivity contribution in [2.45, 2.75) is 78.8 Å². The van der Waals surface area contributed by atoms with Crippen LogP contribution in [0, 0.1) is 17.3 Å². The largest absolute Gasteiger partial charge is 0.317 e. The zero-order valence-corrected chi connectivity index (χ0v) is 15.0. The van der Waals surface area contributed by atoms with Gasteiger partial charge in [-0.3, -0.25) is 0 Å². The molecule has 4 unspecified atom stereocenters. The monoisotopic (exact) mass is 282 g/mol. The number of rotatable bonds is 6. The summed E-state index contributed by atoms with van der Waals surface area (Å²) in [6.07, 6.45) is 6.73. The average Bonchev–Trinajstić information content (AvgIpc) is 2.37. The summed E-state index contributed by atoms with van der Waals surface area (Å²) >= 11 is 0. The van der Waals surface area contributed by atoms with Crippen LogP contribution >= 0.6 is 0 Å². The van der Waals surface area contributed by atoms with E-state index in [-0.39, 0.29) is 0 Å². The third kappa shape index (κ3) is 5.04. The molecule has 1 fully saturated rings. The van der Waals surface area contributed by atoms with Gasteiger partial charge in [0.15, 0.2) is 0 Å². The fraction of sp³-hybridized carbons (Fsp3) is 1.00. The first-order valence-electron chi connectivity index (χ1n) is 8.67. The summed E-state index contributed by atoms with van der Waals surface area (Å²) in [6, 6.07) is 1.43. The molecule has 0 aliphatic heterocycles. The summed E-state index contributed by atoms with van der Waals surface area (Å²) < 4.78 is 0. The quantitative estimate of drug-likeness (QED) is 0.787. The SMILES string of the molecule is CCCC(C)N(C)CC1CC(C(C)(C)C)CCC1NC. The van der Waals surface area contributed by atoms with E-state index in [9.17, 15) is 0 Å². The molecule has 0 radical (unpaired) electrons. The normalized spacial score (nSPS) is 29.7. The van der Waals surface area contributed by atoms with Gasteiger partial charge in [-0.1, -0.05) is 34.1 Å². The Balaban J connectivity index is 2.62. The van der Waals surface area contributed by atoms with Gasteiger partial charge in [0.2, 0.25) is 0 Å². The zero-order valence-electron chi connectivity index (χ0n) is 15.0. The molecular formula is C18H38N2. The molecule has 0 aromatic rings. The molecule has 120 valence electrons. The van der Waals surface area contributed by atoms with Gasteiger partial charge in [-0.15, -0.1) is 0 Å². The number of nitrogens with zero attached hydrogens (tertiary/aromatic N) is 1. The van der Waals surface area contributed by atoms with Crippen molar-refractivity contribution in [2.24, 2.45) is 17.3 Å². The summed E-state index contributed by atoms with van der Waals surface area (Å²) in [7, 11) is 4.46. The molecule has 2 heteroatoms. The second kappa shape index (κ2) is 7.79. The van der Waals surface area contributed by atoms with E-state index >= 15 is 0 Å². The fourth-order valence-corrected chi connectivity index (χ4v) is 3.82. The van der Waals surface area contributed by atoms with Crippen LogP contribution in [-0.4, -0.2) is 37.6 Å². The molecule has 0 bridgehead atoms. The minimum atomic E-state index is 0.463. The first kappa shape index (κ1) is 18.0. The van der Waals surface area contributed by atoms with Crippen molar-refractivity contribution in [1.82, 2.24) is 10.2 Å². The molecule has 0 heterocycles. The Morgan fingerprint density at radius 1 is 1.25 bits per heavy atom. The maximum atomic E-state index is 3.58. The average molecular weight is 283 g/mol. The van der Waals surface area contributed by atoms with E-state index in [0.29, 0.717) is 17.5 Å². The highest BCUT2D eigenvalue weighted by Gasteiger charge is 2.35. The Morgan fingerprint density at radius 2 is 1.90 bits per heavy atom. The molecular weight excluding hydrogens is 244 g/mol. The van der Waals surface area contributed by atoms with Gasteiger partial charge in [0.1, 0.15) is 0 Å². The Bertz CT molecular complexity index is 269. The topological polar surface area (TPSA) is 15.3 Å². The summed E-state index contributed by atoms with van der Waals surface area (Å²) in [5.74, 6) is 1.69. The summed E-state index contributed by atoms with van der Waals surface area (Å²) in [4.78, 5) is 2.59. The van der Waals surface area contributed by atoms with Crippen LogP contribution in [0.2, 0.25) is 0 Å². The van der Waals surface area contributed by atoms with E-state index in [2.05, 4.69) is 58.9 Å². The first-order valence-corrected chi connectivity index (χ1v) is 8.67. The van der Waals surface area contributed by atoms with Gasteiger partial charge < -0.3 is 10.2 Å². The lowest BCUT2D eigenvalue weighted by atomic mass is 9.67. The lowest BCUT2D eigenvalue weighted by Crippen LogP contribution is -2.47. The van der Waals surface area contributed by atoms with E-state index < -0.39 is 0 Å². The smallest absolute Gasteiger partial charge is 0.0105 e. The molecule has 0 spiro atoms. The van der Waals surface area contributed by atoms with E-state index in [1.54, 1.807) is 0 Å². The predicted octanol–water partition coefficient (Wildman–Crippen LogP) is 4.16. The van der Waals surface area contributed by atoms with Crippen LogP contribution in [0.4, 0.5) is 0 Å². The third-order valence-corrected chi connectivity index (χ3v) is 5.56. The van der Waals surface area contributed by atoms with Crippen LogP contribution in [0.3, 0.4) is 0 Å². The molecule has 1 N–H and O–H groups in total. The lowest BCUT2D eigenvalue weighted by Gasteiger charge is -2.43. The van der Waals surface area contributed by atoms with Crippen molar-refractivity contribution < 1.29 is 0 Å². The van der Waals surface area contributed by atoms with Gasteiger partial charge in [-0.25, -0.2) is 0 Å². The minimum Gasteiger partial charge on any atom is -0.317 e. The summed E-state index contributed by atoms with van der Waals surface area (Å²) in [5.41, 5.74) is 0.463. The maximum Gasteiger partial charge on any atom is 0.0105 e. The highest BCUT2D eigenvalue weighted by Crippen LogP contribution is 2.40. The summed E-state index contributed by atoms with van der Waals surface area (Å²) in [6.45, 7) is 13.2. The van der Waals surface area contributed by atoms with E-state index in [1.807, 2.05) is 0 Å². The van der Waals surface area contributed by atoms with Gasteiger partial charge in [0, 0.05) is 18.6 Å². The molecule has 1 aliphatic rings. The lowest BCUT2D eigenvalue weighted by molar-refractivity contribution is 0.0860. The zero-order chi connectivity index (χ0) is 15.3. The highest BCUT2D eigenvalue weighted by atomic mass is 15.1. The van der Waals surface area contributed by atoms with Crippen molar-refractivity contribution in [1.29, 1.82) is 0 Å². The first-order chi connectivity index (χ1) is 9.29. The Morgan fingerprint density at radius 3 is 2.40 bits per heavy atom. The molecule has 2 nitrogen and oxygen atoms in total. The third-order valence-electron chi connectivity index (χ3n) is 5.56. The van der Waals surface area contributed by atoms with Crippen LogP contribution in [0.1, 0.15) is 66.7 Å². The molecule has 4 atom stereocenters. The number of hydrogen-bond donors (Lipinski definition) is 1. The van der Waals surface area contributed by atoms with Gasteiger partial charge >= 0.3 is 0 Å². The standard InChI is InChI=1S/C18H38N2/c1-8-9-14(2)20(7)13-15-12-16(18(3,4)5)10-11-17(15)19-6/h14-17,19H,8-13H2,1-7H3. The maximum absolute atomic E-state index is 3.58. The molecule has 1 rings (SSSR count). The van der Waals surface area contributed by atoms with Crippen LogP contribution in [0.15, 0.2) is 0 Å². The van der Waals surface area contributed by atoms with Crippen molar-refractivity contribution in [3.63, 3.8) is 0 Å². The predicted molar refractivity (Wildman–Crippen MR) is 90.1 cm³/mol. The van der Waals surface area contributed by atoms with Gasteiger partial charge in [-0.2, -0.15) is 0 Å². The number of hydrogen-bond acceptors (Lipinski definition) is 2. The van der Waals surface area contributed by atoms with Crippen LogP contribution in [0.25, 0.3) is 0 Å².